The van der Waals surface area contributed by atoms with E-state index in [0.29, 0.717) is 36.0 Å². The quantitative estimate of drug-likeness (QED) is 0.121. The molecule has 2 atom stereocenters. The fraction of sp³-hybridized carbons (Fsp3) is 0.300. The number of pyridine rings is 2. The number of aryl methyl sites for hydroxylation is 2. The standard InChI is InChI=1S/C40H40Cl2N8O2/c1-49-21-23(17-43-19-25-9-15-35(51)45-25)27-11-13-33(47-39(27)49)31-7-3-5-29(37(31)41)30-6-4-8-32(38(30)42)34-14-12-28-24(22-50(2)40(28)48-34)18-44-20-26-10-16-36(52)46-26/h3-8,11-14,21-22,25-26,43-44H,9-10,15-20H2,1-2H3,(H,45,51)(H,46,52)/t25-,26-/m1/s1. The van der Waals surface area contributed by atoms with E-state index >= 15 is 0 Å². The van der Waals surface area contributed by atoms with Crippen LogP contribution in [0.15, 0.2) is 73.1 Å². The van der Waals surface area contributed by atoms with Gasteiger partial charge in [-0.05, 0) is 48.2 Å². The molecule has 12 heteroatoms. The zero-order chi connectivity index (χ0) is 35.9. The van der Waals surface area contributed by atoms with E-state index in [4.69, 9.17) is 33.2 Å². The molecule has 2 fully saturated rings. The maximum atomic E-state index is 11.6. The molecule has 0 spiro atoms. The number of aromatic nitrogens is 4. The van der Waals surface area contributed by atoms with Gasteiger partial charge in [-0.15, -0.1) is 0 Å². The molecular formula is C40H40Cl2N8O2. The van der Waals surface area contributed by atoms with Gasteiger partial charge in [-0.25, -0.2) is 9.97 Å². The monoisotopic (exact) mass is 734 g/mol. The Hall–Kier alpha value is -4.74. The smallest absolute Gasteiger partial charge is 0.220 e. The van der Waals surface area contributed by atoms with Crippen LogP contribution in [0.1, 0.15) is 36.8 Å². The minimum atomic E-state index is 0.126. The Bertz CT molecular complexity index is 2180. The molecule has 10 nitrogen and oxygen atoms in total. The Balaban J connectivity index is 1.03. The highest BCUT2D eigenvalue weighted by molar-refractivity contribution is 6.39. The lowest BCUT2D eigenvalue weighted by molar-refractivity contribution is -0.120. The molecule has 2 aliphatic heterocycles. The average molecular weight is 736 g/mol. The summed E-state index contributed by atoms with van der Waals surface area (Å²) in [4.78, 5) is 33.2. The predicted molar refractivity (Wildman–Crippen MR) is 207 cm³/mol. The second-order valence-electron chi connectivity index (χ2n) is 13.9. The Morgan fingerprint density at radius 1 is 0.654 bits per heavy atom. The Morgan fingerprint density at radius 3 is 1.48 bits per heavy atom. The number of carbonyl (C=O) groups excluding carboxylic acids is 2. The van der Waals surface area contributed by atoms with Crippen molar-refractivity contribution in [1.82, 2.24) is 40.4 Å². The summed E-state index contributed by atoms with van der Waals surface area (Å²) in [5.41, 5.74) is 8.85. The van der Waals surface area contributed by atoms with Crippen molar-refractivity contribution in [2.45, 2.75) is 50.9 Å². The van der Waals surface area contributed by atoms with E-state index in [1.165, 1.54) is 0 Å². The van der Waals surface area contributed by atoms with Gasteiger partial charge in [-0.1, -0.05) is 59.6 Å². The van der Waals surface area contributed by atoms with E-state index in [-0.39, 0.29) is 23.9 Å². The topological polar surface area (TPSA) is 118 Å². The molecule has 8 rings (SSSR count). The fourth-order valence-corrected chi connectivity index (χ4v) is 8.19. The largest absolute Gasteiger partial charge is 0.352 e. The van der Waals surface area contributed by atoms with Crippen LogP contribution in [-0.2, 0) is 36.8 Å². The molecule has 2 aromatic carbocycles. The van der Waals surface area contributed by atoms with E-state index in [2.05, 4.69) is 45.8 Å². The SMILES string of the molecule is Cn1cc(CNC[C@H]2CCC(=O)N2)c2ccc(-c3cccc(-c4cccc(-c5ccc6c(CNC[C@H]7CCC(=O)N7)cn(C)c6n5)c4Cl)c3Cl)nc21. The van der Waals surface area contributed by atoms with Crippen LogP contribution in [-0.4, -0.2) is 56.1 Å². The molecule has 2 saturated heterocycles. The summed E-state index contributed by atoms with van der Waals surface area (Å²) in [5, 5.41) is 16.3. The highest BCUT2D eigenvalue weighted by Gasteiger charge is 2.22. The van der Waals surface area contributed by atoms with Crippen molar-refractivity contribution < 1.29 is 9.59 Å². The third-order valence-corrected chi connectivity index (χ3v) is 11.0. The molecule has 2 aliphatic rings. The van der Waals surface area contributed by atoms with Crippen LogP contribution >= 0.6 is 23.2 Å². The maximum absolute atomic E-state index is 11.6. The summed E-state index contributed by atoms with van der Waals surface area (Å²) in [6, 6.07) is 20.5. The van der Waals surface area contributed by atoms with Gasteiger partial charge in [0.15, 0.2) is 0 Å². The molecule has 6 aromatic rings. The van der Waals surface area contributed by atoms with Crippen molar-refractivity contribution in [2.75, 3.05) is 13.1 Å². The summed E-state index contributed by atoms with van der Waals surface area (Å²) >= 11 is 14.4. The first-order chi connectivity index (χ1) is 25.2. The summed E-state index contributed by atoms with van der Waals surface area (Å²) < 4.78 is 4.08. The summed E-state index contributed by atoms with van der Waals surface area (Å²) in [7, 11) is 4.00. The van der Waals surface area contributed by atoms with Crippen LogP contribution < -0.4 is 21.3 Å². The van der Waals surface area contributed by atoms with Crippen molar-refractivity contribution in [3.8, 4) is 33.6 Å². The van der Waals surface area contributed by atoms with Crippen LogP contribution in [0.2, 0.25) is 10.0 Å². The zero-order valence-corrected chi connectivity index (χ0v) is 30.6. The number of hydrogen-bond acceptors (Lipinski definition) is 6. The molecule has 0 bridgehead atoms. The number of carbonyl (C=O) groups is 2. The fourth-order valence-electron chi connectivity index (χ4n) is 7.55. The van der Waals surface area contributed by atoms with Crippen LogP contribution in [0.5, 0.6) is 0 Å². The van der Waals surface area contributed by atoms with E-state index in [9.17, 15) is 9.59 Å². The average Bonchev–Trinajstić information content (AvgIpc) is 3.91. The van der Waals surface area contributed by atoms with Crippen molar-refractivity contribution in [1.29, 1.82) is 0 Å². The number of halogens is 2. The van der Waals surface area contributed by atoms with Gasteiger partial charge in [0.2, 0.25) is 11.8 Å². The van der Waals surface area contributed by atoms with E-state index in [1.807, 2.05) is 71.8 Å². The minimum absolute atomic E-state index is 0.126. The number of benzene rings is 2. The van der Waals surface area contributed by atoms with Crippen LogP contribution in [0.4, 0.5) is 0 Å². The van der Waals surface area contributed by atoms with Gasteiger partial charge in [-0.3, -0.25) is 9.59 Å². The van der Waals surface area contributed by atoms with Crippen molar-refractivity contribution in [2.24, 2.45) is 14.1 Å². The van der Waals surface area contributed by atoms with Crippen molar-refractivity contribution in [3.05, 3.63) is 94.2 Å². The van der Waals surface area contributed by atoms with Gasteiger partial charge in [0.05, 0.1) is 21.4 Å². The predicted octanol–water partition coefficient (Wildman–Crippen LogP) is 6.50. The van der Waals surface area contributed by atoms with E-state index in [1.54, 1.807) is 0 Å². The van der Waals surface area contributed by atoms with Gasteiger partial charge in [0.25, 0.3) is 0 Å². The molecule has 0 aliphatic carbocycles. The third kappa shape index (κ3) is 6.67. The van der Waals surface area contributed by atoms with E-state index < -0.39 is 0 Å². The van der Waals surface area contributed by atoms with Gasteiger partial charge >= 0.3 is 0 Å². The van der Waals surface area contributed by atoms with Gasteiger partial charge < -0.3 is 30.4 Å². The van der Waals surface area contributed by atoms with Gasteiger partial charge in [-0.2, -0.15) is 0 Å². The van der Waals surface area contributed by atoms with Crippen LogP contribution in [0, 0.1) is 0 Å². The molecule has 52 heavy (non-hydrogen) atoms. The molecule has 6 heterocycles. The lowest BCUT2D eigenvalue weighted by atomic mass is 9.98. The van der Waals surface area contributed by atoms with Crippen LogP contribution in [0.25, 0.3) is 55.7 Å². The second kappa shape index (κ2) is 14.4. The normalized spacial score (nSPS) is 17.4. The van der Waals surface area contributed by atoms with Gasteiger partial charge in [0.1, 0.15) is 11.3 Å². The third-order valence-electron chi connectivity index (χ3n) is 10.2. The first kappa shape index (κ1) is 34.4. The summed E-state index contributed by atoms with van der Waals surface area (Å²) in [6.45, 7) is 2.84. The van der Waals surface area contributed by atoms with Gasteiger partial charge in [0, 0.05) is 111 Å². The molecule has 4 N–H and O–H groups in total. The number of fused-ring (bicyclic) bond motifs is 2. The molecule has 266 valence electrons. The summed E-state index contributed by atoms with van der Waals surface area (Å²) in [5.74, 6) is 0.252. The molecule has 0 saturated carbocycles. The Kier molecular flexibility index (Phi) is 9.48. The number of nitrogens with zero attached hydrogens (tertiary/aromatic N) is 4. The van der Waals surface area contributed by atoms with Crippen LogP contribution in [0.3, 0.4) is 0 Å². The number of hydrogen-bond donors (Lipinski definition) is 4. The maximum Gasteiger partial charge on any atom is 0.220 e. The van der Waals surface area contributed by atoms with E-state index in [0.717, 1.165) is 92.8 Å². The Labute approximate surface area is 311 Å². The van der Waals surface area contributed by atoms with Crippen molar-refractivity contribution >= 4 is 57.1 Å². The molecule has 0 unspecified atom stereocenters. The number of nitrogens with one attached hydrogen (secondary N) is 4. The lowest BCUT2D eigenvalue weighted by Crippen LogP contribution is -2.35. The van der Waals surface area contributed by atoms with Crippen molar-refractivity contribution in [3.63, 3.8) is 0 Å². The highest BCUT2D eigenvalue weighted by atomic mass is 35.5. The number of rotatable bonds is 11. The molecule has 2 amide bonds. The number of amides is 2. The molecule has 0 radical (unpaired) electrons. The lowest BCUT2D eigenvalue weighted by Gasteiger charge is -2.14. The Morgan fingerprint density at radius 2 is 1.08 bits per heavy atom. The minimum Gasteiger partial charge on any atom is -0.352 e. The zero-order valence-electron chi connectivity index (χ0n) is 29.1. The molecule has 4 aromatic heterocycles. The summed E-state index contributed by atoms with van der Waals surface area (Å²) in [6.07, 6.45) is 7.13. The first-order valence-corrected chi connectivity index (χ1v) is 18.5. The molecular weight excluding hydrogens is 695 g/mol. The first-order valence-electron chi connectivity index (χ1n) is 17.7. The second-order valence-corrected chi connectivity index (χ2v) is 14.6. The highest BCUT2D eigenvalue weighted by Crippen LogP contribution is 2.42.